The van der Waals surface area contributed by atoms with Gasteiger partial charge in [-0.2, -0.15) is 0 Å². The van der Waals surface area contributed by atoms with Gasteiger partial charge in [0.25, 0.3) is 0 Å². The molecular formula is C40H63N9O9. The fourth-order valence-corrected chi connectivity index (χ4v) is 5.55. The number of carbonyl (C=O) groups is 6. The third kappa shape index (κ3) is 20.9. The Labute approximate surface area is 341 Å². The first-order valence-corrected chi connectivity index (χ1v) is 19.8. The standard InChI is InChI=1S/C40H63N9O9/c1-25(20-28(4)40(7,8)9)21-31-10-11-35(58-39(55)27(3)23-34(51)30(6)46-37(53)13-17-57-19-15-44-49-42)32(24-31)47-38(54)26(2)22-33(50)29(5)45-36(52)12-16-56-18-14-43-48-41/h10-11,24-30H,12-23H2,1-9H3,(H,45,52)(H,46,53)(H,47,54)/t25-,26?,27?,28?,29?,30?/m1/s1. The predicted molar refractivity (Wildman–Crippen MR) is 218 cm³/mol. The lowest BCUT2D eigenvalue weighted by atomic mass is 9.76. The molecule has 0 saturated carbocycles. The molecule has 0 saturated heterocycles. The van der Waals surface area contributed by atoms with Crippen molar-refractivity contribution in [2.75, 3.05) is 44.8 Å². The lowest BCUT2D eigenvalue weighted by Crippen LogP contribution is -2.40. The summed E-state index contributed by atoms with van der Waals surface area (Å²) in [4.78, 5) is 82.5. The number of carbonyl (C=O) groups excluding carboxylic acids is 6. The van der Waals surface area contributed by atoms with Gasteiger partial charge < -0.3 is 30.2 Å². The van der Waals surface area contributed by atoms with Gasteiger partial charge in [-0.15, -0.1) is 0 Å². The Hall–Kier alpha value is -5.02. The number of nitrogens with zero attached hydrogens (tertiary/aromatic N) is 6. The molecule has 322 valence electrons. The van der Waals surface area contributed by atoms with Crippen LogP contribution in [0.1, 0.15) is 100.0 Å². The summed E-state index contributed by atoms with van der Waals surface area (Å²) in [6, 6.07) is 3.44. The van der Waals surface area contributed by atoms with Gasteiger partial charge in [0.05, 0.1) is 50.1 Å². The van der Waals surface area contributed by atoms with Gasteiger partial charge in [0.2, 0.25) is 17.7 Å². The predicted octanol–water partition coefficient (Wildman–Crippen LogP) is 6.42. The van der Waals surface area contributed by atoms with Crippen LogP contribution in [0.2, 0.25) is 0 Å². The van der Waals surface area contributed by atoms with Crippen LogP contribution in [0.25, 0.3) is 20.9 Å². The highest BCUT2D eigenvalue weighted by atomic mass is 16.5. The Bertz CT molecular complexity index is 1640. The van der Waals surface area contributed by atoms with Crippen LogP contribution in [0.15, 0.2) is 28.4 Å². The Morgan fingerprint density at radius 3 is 1.72 bits per heavy atom. The number of anilines is 1. The Morgan fingerprint density at radius 1 is 0.741 bits per heavy atom. The van der Waals surface area contributed by atoms with Crippen LogP contribution in [0, 0.1) is 29.1 Å². The highest BCUT2D eigenvalue weighted by Gasteiger charge is 2.27. The number of Topliss-reactive ketones (excluding diaryl/α,β-unsaturated/α-hetero) is 2. The summed E-state index contributed by atoms with van der Waals surface area (Å²) in [7, 11) is 0. The SMILES string of the molecule is CC(CC(=O)C(C)NC(=O)CCOCCN=[N+]=[N-])C(=O)Nc1cc(C[C@H](C)CC(C)C(C)(C)C)ccc1OC(=O)C(C)CC(=O)C(C)NC(=O)CCOCCN=[N+]=[N-]. The zero-order chi connectivity index (χ0) is 43.8. The van der Waals surface area contributed by atoms with Gasteiger partial charge in [-0.25, -0.2) is 0 Å². The van der Waals surface area contributed by atoms with Crippen LogP contribution in [-0.4, -0.2) is 86.9 Å². The second-order valence-electron chi connectivity index (χ2n) is 15.9. The zero-order valence-corrected chi connectivity index (χ0v) is 35.5. The molecule has 0 bridgehead atoms. The Kier molecular flexibility index (Phi) is 23.6. The van der Waals surface area contributed by atoms with Gasteiger partial charge in [0.1, 0.15) is 0 Å². The van der Waals surface area contributed by atoms with E-state index in [-0.39, 0.29) is 93.6 Å². The minimum absolute atomic E-state index is 0.00315. The van der Waals surface area contributed by atoms with E-state index in [0.717, 1.165) is 12.0 Å². The molecule has 18 heteroatoms. The second-order valence-corrected chi connectivity index (χ2v) is 15.9. The minimum atomic E-state index is -0.893. The molecule has 0 radical (unpaired) electrons. The molecule has 6 atom stereocenters. The summed E-state index contributed by atoms with van der Waals surface area (Å²) < 4.78 is 16.2. The Morgan fingerprint density at radius 2 is 1.24 bits per heavy atom. The smallest absolute Gasteiger partial charge is 0.314 e. The van der Waals surface area contributed by atoms with Gasteiger partial charge in [-0.1, -0.05) is 64.8 Å². The lowest BCUT2D eigenvalue weighted by Gasteiger charge is -2.29. The molecule has 1 aromatic carbocycles. The highest BCUT2D eigenvalue weighted by molar-refractivity contribution is 5.98. The molecule has 0 aliphatic heterocycles. The summed E-state index contributed by atoms with van der Waals surface area (Å²) in [6.07, 6.45) is 1.26. The maximum Gasteiger partial charge on any atom is 0.314 e. The molecule has 5 unspecified atom stereocenters. The van der Waals surface area contributed by atoms with Crippen molar-refractivity contribution in [1.82, 2.24) is 10.6 Å². The minimum Gasteiger partial charge on any atom is -0.424 e. The number of ketones is 2. The third-order valence-corrected chi connectivity index (χ3v) is 9.66. The van der Waals surface area contributed by atoms with E-state index in [1.807, 2.05) is 6.07 Å². The topological polar surface area (TPSA) is 264 Å². The van der Waals surface area contributed by atoms with E-state index >= 15 is 0 Å². The van der Waals surface area contributed by atoms with Gasteiger partial charge in [-0.3, -0.25) is 28.8 Å². The molecule has 18 nitrogen and oxygen atoms in total. The molecule has 0 spiro atoms. The number of benzene rings is 1. The summed E-state index contributed by atoms with van der Waals surface area (Å²) >= 11 is 0. The average molecular weight is 814 g/mol. The van der Waals surface area contributed by atoms with Crippen molar-refractivity contribution >= 4 is 40.9 Å². The first-order valence-electron chi connectivity index (χ1n) is 19.8. The molecule has 3 amide bonds. The van der Waals surface area contributed by atoms with Crippen molar-refractivity contribution in [3.8, 4) is 5.75 Å². The van der Waals surface area contributed by atoms with Crippen LogP contribution in [0.3, 0.4) is 0 Å². The van der Waals surface area contributed by atoms with Crippen molar-refractivity contribution in [1.29, 1.82) is 0 Å². The molecule has 0 fully saturated rings. The number of esters is 1. The molecule has 3 N–H and O–H groups in total. The van der Waals surface area contributed by atoms with Crippen LogP contribution < -0.4 is 20.7 Å². The molecule has 0 aliphatic carbocycles. The molecule has 0 aromatic heterocycles. The van der Waals surface area contributed by atoms with E-state index in [2.05, 4.69) is 70.6 Å². The zero-order valence-electron chi connectivity index (χ0n) is 35.5. The van der Waals surface area contributed by atoms with E-state index in [1.54, 1.807) is 19.1 Å². The fourth-order valence-electron chi connectivity index (χ4n) is 5.55. The Balaban J connectivity index is 3.01. The van der Waals surface area contributed by atoms with Gasteiger partial charge in [0.15, 0.2) is 17.3 Å². The number of azide groups is 2. The van der Waals surface area contributed by atoms with Crippen molar-refractivity contribution in [2.24, 2.45) is 39.3 Å². The number of amides is 3. The molecule has 0 heterocycles. The quantitative estimate of drug-likeness (QED) is 0.0210. The highest BCUT2D eigenvalue weighted by Crippen LogP contribution is 2.33. The van der Waals surface area contributed by atoms with Gasteiger partial charge in [0, 0.05) is 54.5 Å². The summed E-state index contributed by atoms with van der Waals surface area (Å²) in [5.41, 5.74) is 17.9. The van der Waals surface area contributed by atoms with Crippen molar-refractivity contribution in [3.05, 3.63) is 44.6 Å². The number of ether oxygens (including phenoxy) is 3. The van der Waals surface area contributed by atoms with Crippen molar-refractivity contribution in [2.45, 2.75) is 113 Å². The number of rotatable bonds is 28. The maximum absolute atomic E-state index is 13.5. The van der Waals surface area contributed by atoms with E-state index in [4.69, 9.17) is 25.3 Å². The maximum atomic E-state index is 13.5. The third-order valence-electron chi connectivity index (χ3n) is 9.66. The number of nitrogens with one attached hydrogen (secondary N) is 3. The number of hydrogen-bond acceptors (Lipinski definition) is 11. The van der Waals surface area contributed by atoms with E-state index in [9.17, 15) is 28.8 Å². The first-order chi connectivity index (χ1) is 27.3. The molecule has 58 heavy (non-hydrogen) atoms. The summed E-state index contributed by atoms with van der Waals surface area (Å²) in [5.74, 6) is -3.68. The van der Waals surface area contributed by atoms with Gasteiger partial charge in [-0.05, 0) is 72.7 Å². The number of hydrogen-bond donors (Lipinski definition) is 3. The molecule has 0 aliphatic rings. The molecule has 1 aromatic rings. The van der Waals surface area contributed by atoms with Crippen LogP contribution in [0.5, 0.6) is 5.75 Å². The van der Waals surface area contributed by atoms with Crippen molar-refractivity contribution < 1.29 is 43.0 Å². The normalized spacial score (nSPS) is 14.2. The van der Waals surface area contributed by atoms with E-state index in [1.165, 1.54) is 20.8 Å². The molecular weight excluding hydrogens is 750 g/mol. The lowest BCUT2D eigenvalue weighted by molar-refractivity contribution is -0.140. The first kappa shape index (κ1) is 51.0. The largest absolute Gasteiger partial charge is 0.424 e. The fraction of sp³-hybridized carbons (Fsp3) is 0.700. The average Bonchev–Trinajstić information content (AvgIpc) is 3.14. The van der Waals surface area contributed by atoms with E-state index < -0.39 is 47.6 Å². The van der Waals surface area contributed by atoms with Crippen LogP contribution >= 0.6 is 0 Å². The second kappa shape index (κ2) is 26.8. The summed E-state index contributed by atoms with van der Waals surface area (Å²) in [5, 5.41) is 14.7. The van der Waals surface area contributed by atoms with E-state index in [0.29, 0.717) is 18.3 Å². The molecule has 1 rings (SSSR count). The van der Waals surface area contributed by atoms with Crippen molar-refractivity contribution in [3.63, 3.8) is 0 Å². The van der Waals surface area contributed by atoms with Crippen LogP contribution in [0.4, 0.5) is 5.69 Å². The van der Waals surface area contributed by atoms with Crippen LogP contribution in [-0.2, 0) is 44.7 Å². The van der Waals surface area contributed by atoms with Gasteiger partial charge >= 0.3 is 5.97 Å². The monoisotopic (exact) mass is 813 g/mol. The summed E-state index contributed by atoms with van der Waals surface area (Å²) in [6.45, 7) is 17.9.